The Balaban J connectivity index is 1.95. The summed E-state index contributed by atoms with van der Waals surface area (Å²) in [5.74, 6) is 0.648. The molecule has 6 heteroatoms. The molecule has 2 aromatic rings. The maximum Gasteiger partial charge on any atom is 0.408 e. The molecule has 1 heterocycles. The predicted molar refractivity (Wildman–Crippen MR) is 86.1 cm³/mol. The smallest absolute Gasteiger partial charge is 0.408 e. The van der Waals surface area contributed by atoms with Crippen LogP contribution in [0.25, 0.3) is 0 Å². The van der Waals surface area contributed by atoms with E-state index in [-0.39, 0.29) is 11.7 Å². The highest BCUT2D eigenvalue weighted by Gasteiger charge is 2.44. The highest BCUT2D eigenvalue weighted by Crippen LogP contribution is 2.48. The van der Waals surface area contributed by atoms with Crippen molar-refractivity contribution in [2.75, 3.05) is 12.4 Å². The number of alkyl halides is 3. The van der Waals surface area contributed by atoms with E-state index in [2.05, 4.69) is 5.32 Å². The molecule has 0 amide bonds. The lowest BCUT2D eigenvalue weighted by atomic mass is 9.97. The van der Waals surface area contributed by atoms with Crippen LogP contribution in [-0.2, 0) is 0 Å². The van der Waals surface area contributed by atoms with E-state index >= 15 is 0 Å². The van der Waals surface area contributed by atoms with Gasteiger partial charge in [0.05, 0.1) is 7.11 Å². The van der Waals surface area contributed by atoms with Crippen molar-refractivity contribution in [1.29, 1.82) is 0 Å². The lowest BCUT2D eigenvalue weighted by Crippen LogP contribution is -2.40. The molecule has 0 aliphatic carbocycles. The minimum atomic E-state index is -4.27. The van der Waals surface area contributed by atoms with E-state index in [0.29, 0.717) is 11.4 Å². The van der Waals surface area contributed by atoms with Gasteiger partial charge in [-0.1, -0.05) is 18.2 Å². The number of methoxy groups -OCH3 is 1. The molecule has 0 spiro atoms. The van der Waals surface area contributed by atoms with Gasteiger partial charge in [0.1, 0.15) is 11.8 Å². The molecule has 0 saturated carbocycles. The SMILES string of the molecule is COc1ccc2c(c1)[C@@H](Sc1ccccc1)C[C@@H](C(F)(F)F)N2. The molecule has 1 N–H and O–H groups in total. The van der Waals surface area contributed by atoms with E-state index in [9.17, 15) is 13.2 Å². The van der Waals surface area contributed by atoms with Crippen molar-refractivity contribution in [3.8, 4) is 5.75 Å². The van der Waals surface area contributed by atoms with Crippen LogP contribution in [-0.4, -0.2) is 19.3 Å². The third-order valence-corrected chi connectivity index (χ3v) is 5.08. The van der Waals surface area contributed by atoms with Gasteiger partial charge in [0.25, 0.3) is 0 Å². The summed E-state index contributed by atoms with van der Waals surface area (Å²) < 4.78 is 44.8. The van der Waals surface area contributed by atoms with Crippen molar-refractivity contribution in [3.63, 3.8) is 0 Å². The number of fused-ring (bicyclic) bond motifs is 1. The second-order valence-corrected chi connectivity index (χ2v) is 6.62. The number of rotatable bonds is 3. The first-order chi connectivity index (χ1) is 11.0. The first kappa shape index (κ1) is 16.1. The van der Waals surface area contributed by atoms with E-state index in [1.54, 1.807) is 19.2 Å². The molecule has 122 valence electrons. The van der Waals surface area contributed by atoms with Gasteiger partial charge in [-0.05, 0) is 42.3 Å². The van der Waals surface area contributed by atoms with E-state index < -0.39 is 12.2 Å². The minimum absolute atomic E-state index is 0.0107. The Bertz CT molecular complexity index is 675. The summed E-state index contributed by atoms with van der Waals surface area (Å²) in [6.07, 6.45) is -4.28. The maximum atomic E-state index is 13.2. The zero-order valence-corrected chi connectivity index (χ0v) is 13.2. The lowest BCUT2D eigenvalue weighted by Gasteiger charge is -2.34. The molecular formula is C17H16F3NOS. The molecule has 0 radical (unpaired) electrons. The van der Waals surface area contributed by atoms with Gasteiger partial charge in [0, 0.05) is 15.8 Å². The van der Waals surface area contributed by atoms with Crippen molar-refractivity contribution in [3.05, 3.63) is 54.1 Å². The summed E-state index contributed by atoms with van der Waals surface area (Å²) in [4.78, 5) is 0.953. The van der Waals surface area contributed by atoms with Gasteiger partial charge in [-0.3, -0.25) is 0 Å². The Hall–Kier alpha value is -1.82. The third-order valence-electron chi connectivity index (χ3n) is 3.80. The molecule has 2 nitrogen and oxygen atoms in total. The molecule has 2 aromatic carbocycles. The summed E-state index contributed by atoms with van der Waals surface area (Å²) in [7, 11) is 1.55. The molecule has 0 unspecified atom stereocenters. The molecule has 1 aliphatic heterocycles. The number of nitrogens with one attached hydrogen (secondary N) is 1. The van der Waals surface area contributed by atoms with Crippen LogP contribution in [0.5, 0.6) is 5.75 Å². The highest BCUT2D eigenvalue weighted by atomic mass is 32.2. The normalized spacial score (nSPS) is 20.5. The predicted octanol–water partition coefficient (Wildman–Crippen LogP) is 5.28. The van der Waals surface area contributed by atoms with Gasteiger partial charge in [0.2, 0.25) is 0 Å². The van der Waals surface area contributed by atoms with Crippen LogP contribution in [0, 0.1) is 0 Å². The Morgan fingerprint density at radius 3 is 2.52 bits per heavy atom. The Kier molecular flexibility index (Phi) is 4.43. The summed E-state index contributed by atoms with van der Waals surface area (Å²) in [5, 5.41) is 2.33. The Labute approximate surface area is 137 Å². The van der Waals surface area contributed by atoms with Gasteiger partial charge in [0.15, 0.2) is 0 Å². The lowest BCUT2D eigenvalue weighted by molar-refractivity contribution is -0.144. The Morgan fingerprint density at radius 2 is 1.87 bits per heavy atom. The molecule has 0 saturated heterocycles. The second-order valence-electron chi connectivity index (χ2n) is 5.35. The van der Waals surface area contributed by atoms with Crippen molar-refractivity contribution in [2.45, 2.75) is 28.8 Å². The number of hydrogen-bond acceptors (Lipinski definition) is 3. The molecule has 3 rings (SSSR count). The fourth-order valence-electron chi connectivity index (χ4n) is 2.64. The maximum absolute atomic E-state index is 13.2. The number of anilines is 1. The molecule has 1 aliphatic rings. The zero-order valence-electron chi connectivity index (χ0n) is 12.4. The van der Waals surface area contributed by atoms with Crippen LogP contribution in [0.15, 0.2) is 53.4 Å². The van der Waals surface area contributed by atoms with Gasteiger partial charge in [-0.2, -0.15) is 13.2 Å². The number of halogens is 3. The fraction of sp³-hybridized carbons (Fsp3) is 0.294. The van der Waals surface area contributed by atoms with E-state index in [0.717, 1.165) is 10.5 Å². The quantitative estimate of drug-likeness (QED) is 0.822. The number of thioether (sulfide) groups is 1. The first-order valence-corrected chi connectivity index (χ1v) is 8.08. The van der Waals surface area contributed by atoms with Crippen molar-refractivity contribution < 1.29 is 17.9 Å². The van der Waals surface area contributed by atoms with Crippen LogP contribution in [0.2, 0.25) is 0 Å². The Morgan fingerprint density at radius 1 is 1.13 bits per heavy atom. The van der Waals surface area contributed by atoms with E-state index in [1.807, 2.05) is 36.4 Å². The summed E-state index contributed by atoms with van der Waals surface area (Å²) in [5.41, 5.74) is 1.37. The summed E-state index contributed by atoms with van der Waals surface area (Å²) in [6.45, 7) is 0. The molecule has 23 heavy (non-hydrogen) atoms. The minimum Gasteiger partial charge on any atom is -0.497 e. The number of benzene rings is 2. The van der Waals surface area contributed by atoms with Crippen LogP contribution < -0.4 is 10.1 Å². The standard InChI is InChI=1S/C17H16F3NOS/c1-22-11-7-8-14-13(9-11)15(10-16(21-14)17(18,19)20)23-12-5-3-2-4-6-12/h2-9,15-16,21H,10H2,1H3/t15-,16-/m0/s1. The topological polar surface area (TPSA) is 21.3 Å². The molecular weight excluding hydrogens is 323 g/mol. The average molecular weight is 339 g/mol. The second kappa shape index (κ2) is 6.35. The van der Waals surface area contributed by atoms with Crippen molar-refractivity contribution in [1.82, 2.24) is 0 Å². The summed E-state index contributed by atoms with van der Waals surface area (Å²) >= 11 is 1.45. The molecule has 0 fully saturated rings. The molecule has 0 aromatic heterocycles. The average Bonchev–Trinajstić information content (AvgIpc) is 2.54. The third kappa shape index (κ3) is 3.58. The molecule has 0 bridgehead atoms. The molecule has 2 atom stereocenters. The highest BCUT2D eigenvalue weighted by molar-refractivity contribution is 7.99. The van der Waals surface area contributed by atoms with Gasteiger partial charge >= 0.3 is 6.18 Å². The summed E-state index contributed by atoms with van der Waals surface area (Å²) in [6, 6.07) is 13.1. The van der Waals surface area contributed by atoms with Gasteiger partial charge in [-0.25, -0.2) is 0 Å². The fourth-order valence-corrected chi connectivity index (χ4v) is 3.90. The van der Waals surface area contributed by atoms with Gasteiger partial charge < -0.3 is 10.1 Å². The van der Waals surface area contributed by atoms with Gasteiger partial charge in [-0.15, -0.1) is 11.8 Å². The van der Waals surface area contributed by atoms with Crippen molar-refractivity contribution in [2.24, 2.45) is 0 Å². The van der Waals surface area contributed by atoms with Crippen LogP contribution in [0.3, 0.4) is 0 Å². The monoisotopic (exact) mass is 339 g/mol. The first-order valence-electron chi connectivity index (χ1n) is 7.20. The van der Waals surface area contributed by atoms with E-state index in [1.165, 1.54) is 11.8 Å². The number of ether oxygens (including phenoxy) is 1. The largest absolute Gasteiger partial charge is 0.497 e. The number of hydrogen-bond donors (Lipinski definition) is 1. The van der Waals surface area contributed by atoms with Crippen LogP contribution in [0.4, 0.5) is 18.9 Å². The van der Waals surface area contributed by atoms with E-state index in [4.69, 9.17) is 4.74 Å². The van der Waals surface area contributed by atoms with Crippen molar-refractivity contribution >= 4 is 17.4 Å². The van der Waals surface area contributed by atoms with Crippen LogP contribution in [0.1, 0.15) is 17.2 Å². The zero-order chi connectivity index (χ0) is 16.4. The van der Waals surface area contributed by atoms with Crippen LogP contribution >= 0.6 is 11.8 Å².